The van der Waals surface area contributed by atoms with Crippen molar-refractivity contribution in [3.8, 4) is 5.75 Å². The van der Waals surface area contributed by atoms with Crippen LogP contribution >= 0.6 is 0 Å². The SMILES string of the molecule is COc1ccc2cc(CNC(=O)c3ccc4n[nH]nc4c3)ccc2c1. The summed E-state index contributed by atoms with van der Waals surface area (Å²) in [6, 6.07) is 17.3. The highest BCUT2D eigenvalue weighted by Gasteiger charge is 2.08. The van der Waals surface area contributed by atoms with Crippen molar-refractivity contribution in [1.82, 2.24) is 20.7 Å². The zero-order chi connectivity index (χ0) is 17.2. The van der Waals surface area contributed by atoms with E-state index in [2.05, 4.69) is 26.8 Å². The molecule has 0 aliphatic carbocycles. The van der Waals surface area contributed by atoms with Crippen LogP contribution in [0.25, 0.3) is 21.8 Å². The number of carbonyl (C=O) groups is 1. The topological polar surface area (TPSA) is 79.9 Å². The largest absolute Gasteiger partial charge is 0.497 e. The van der Waals surface area contributed by atoms with Crippen molar-refractivity contribution in [1.29, 1.82) is 0 Å². The molecule has 0 unspecified atom stereocenters. The van der Waals surface area contributed by atoms with Crippen molar-refractivity contribution in [2.24, 2.45) is 0 Å². The number of nitrogens with one attached hydrogen (secondary N) is 2. The van der Waals surface area contributed by atoms with Crippen LogP contribution in [-0.2, 0) is 6.54 Å². The summed E-state index contributed by atoms with van der Waals surface area (Å²) in [4.78, 5) is 12.3. The van der Waals surface area contributed by atoms with Crippen LogP contribution in [0.1, 0.15) is 15.9 Å². The molecule has 6 heteroatoms. The number of amides is 1. The maximum atomic E-state index is 12.3. The number of aromatic nitrogens is 3. The van der Waals surface area contributed by atoms with Crippen LogP contribution in [0.4, 0.5) is 0 Å². The van der Waals surface area contributed by atoms with Gasteiger partial charge in [0.2, 0.25) is 0 Å². The van der Waals surface area contributed by atoms with Crippen LogP contribution in [0.5, 0.6) is 5.75 Å². The first-order valence-corrected chi connectivity index (χ1v) is 7.88. The van der Waals surface area contributed by atoms with E-state index in [9.17, 15) is 4.79 Å². The van der Waals surface area contributed by atoms with Gasteiger partial charge in [-0.1, -0.05) is 18.2 Å². The van der Waals surface area contributed by atoms with E-state index >= 15 is 0 Å². The van der Waals surface area contributed by atoms with Crippen molar-refractivity contribution in [3.05, 3.63) is 65.7 Å². The van der Waals surface area contributed by atoms with Crippen LogP contribution in [0.3, 0.4) is 0 Å². The maximum Gasteiger partial charge on any atom is 0.251 e. The van der Waals surface area contributed by atoms with Crippen molar-refractivity contribution in [3.63, 3.8) is 0 Å². The summed E-state index contributed by atoms with van der Waals surface area (Å²) >= 11 is 0. The predicted molar refractivity (Wildman–Crippen MR) is 95.6 cm³/mol. The lowest BCUT2D eigenvalue weighted by atomic mass is 10.1. The lowest BCUT2D eigenvalue weighted by Gasteiger charge is -2.08. The fraction of sp³-hybridized carbons (Fsp3) is 0.105. The van der Waals surface area contributed by atoms with Crippen LogP contribution in [0.2, 0.25) is 0 Å². The molecule has 1 aromatic heterocycles. The number of aromatic amines is 1. The number of ether oxygens (including phenoxy) is 1. The minimum Gasteiger partial charge on any atom is -0.497 e. The van der Waals surface area contributed by atoms with Gasteiger partial charge in [0.15, 0.2) is 0 Å². The van der Waals surface area contributed by atoms with E-state index in [0.717, 1.165) is 27.6 Å². The van der Waals surface area contributed by atoms with E-state index in [4.69, 9.17) is 4.74 Å². The summed E-state index contributed by atoms with van der Waals surface area (Å²) in [5, 5.41) is 15.7. The normalized spacial score (nSPS) is 10.9. The molecule has 0 radical (unpaired) electrons. The molecule has 4 rings (SSSR count). The van der Waals surface area contributed by atoms with Crippen molar-refractivity contribution >= 4 is 27.7 Å². The quantitative estimate of drug-likeness (QED) is 0.602. The van der Waals surface area contributed by atoms with Gasteiger partial charge in [-0.2, -0.15) is 15.4 Å². The van der Waals surface area contributed by atoms with Crippen molar-refractivity contribution in [2.45, 2.75) is 6.54 Å². The molecule has 0 aliphatic heterocycles. The van der Waals surface area contributed by atoms with E-state index < -0.39 is 0 Å². The number of methoxy groups -OCH3 is 1. The first kappa shape index (κ1) is 15.1. The molecule has 25 heavy (non-hydrogen) atoms. The molecule has 0 spiro atoms. The predicted octanol–water partition coefficient (Wildman–Crippen LogP) is 3.05. The summed E-state index contributed by atoms with van der Waals surface area (Å²) in [5.74, 6) is 0.691. The highest BCUT2D eigenvalue weighted by molar-refractivity contribution is 5.97. The zero-order valence-corrected chi connectivity index (χ0v) is 13.6. The van der Waals surface area contributed by atoms with Gasteiger partial charge in [0.1, 0.15) is 16.8 Å². The van der Waals surface area contributed by atoms with Gasteiger partial charge in [0, 0.05) is 12.1 Å². The molecule has 0 aliphatic rings. The number of hydrogen-bond donors (Lipinski definition) is 2. The zero-order valence-electron chi connectivity index (χ0n) is 13.6. The van der Waals surface area contributed by atoms with Gasteiger partial charge in [-0.25, -0.2) is 0 Å². The number of H-pyrrole nitrogens is 1. The minimum absolute atomic E-state index is 0.139. The Morgan fingerprint density at radius 2 is 1.80 bits per heavy atom. The number of fused-ring (bicyclic) bond motifs is 2. The molecule has 0 saturated heterocycles. The number of nitrogens with zero attached hydrogens (tertiary/aromatic N) is 2. The number of carbonyl (C=O) groups excluding carboxylic acids is 1. The Bertz CT molecular complexity index is 1070. The lowest BCUT2D eigenvalue weighted by Crippen LogP contribution is -2.22. The highest BCUT2D eigenvalue weighted by Crippen LogP contribution is 2.22. The molecule has 3 aromatic carbocycles. The Labute approximate surface area is 143 Å². The Morgan fingerprint density at radius 1 is 1.00 bits per heavy atom. The third-order valence-corrected chi connectivity index (χ3v) is 4.14. The van der Waals surface area contributed by atoms with Gasteiger partial charge < -0.3 is 10.1 Å². The number of hydrogen-bond acceptors (Lipinski definition) is 4. The summed E-state index contributed by atoms with van der Waals surface area (Å²) in [6.45, 7) is 0.456. The van der Waals surface area contributed by atoms with Crippen LogP contribution in [0, 0.1) is 0 Å². The van der Waals surface area contributed by atoms with Crippen LogP contribution in [0.15, 0.2) is 54.6 Å². The third kappa shape index (κ3) is 3.01. The van der Waals surface area contributed by atoms with Gasteiger partial charge in [-0.3, -0.25) is 4.79 Å². The Morgan fingerprint density at radius 3 is 2.68 bits per heavy atom. The van der Waals surface area contributed by atoms with E-state index in [1.54, 1.807) is 25.3 Å². The van der Waals surface area contributed by atoms with E-state index in [1.165, 1.54) is 0 Å². The van der Waals surface area contributed by atoms with Gasteiger partial charge in [0.05, 0.1) is 7.11 Å². The molecule has 6 nitrogen and oxygen atoms in total. The van der Waals surface area contributed by atoms with Gasteiger partial charge in [0.25, 0.3) is 5.91 Å². The fourth-order valence-electron chi connectivity index (χ4n) is 2.78. The molecule has 4 aromatic rings. The molecule has 0 bridgehead atoms. The molecular weight excluding hydrogens is 316 g/mol. The monoisotopic (exact) mass is 332 g/mol. The van der Waals surface area contributed by atoms with E-state index in [-0.39, 0.29) is 5.91 Å². The molecule has 2 N–H and O–H groups in total. The van der Waals surface area contributed by atoms with Crippen molar-refractivity contribution < 1.29 is 9.53 Å². The second kappa shape index (κ2) is 6.24. The second-order valence-electron chi connectivity index (χ2n) is 5.76. The molecule has 1 amide bonds. The molecule has 0 saturated carbocycles. The molecular formula is C19H16N4O2. The summed E-state index contributed by atoms with van der Waals surface area (Å²) in [5.41, 5.74) is 3.01. The highest BCUT2D eigenvalue weighted by atomic mass is 16.5. The fourth-order valence-corrected chi connectivity index (χ4v) is 2.78. The lowest BCUT2D eigenvalue weighted by molar-refractivity contribution is 0.0951. The third-order valence-electron chi connectivity index (χ3n) is 4.14. The Balaban J connectivity index is 1.50. The van der Waals surface area contributed by atoms with E-state index in [0.29, 0.717) is 17.6 Å². The number of benzene rings is 3. The van der Waals surface area contributed by atoms with Crippen LogP contribution < -0.4 is 10.1 Å². The van der Waals surface area contributed by atoms with Gasteiger partial charge in [-0.15, -0.1) is 0 Å². The first-order chi connectivity index (χ1) is 12.2. The average Bonchev–Trinajstić information content (AvgIpc) is 3.13. The first-order valence-electron chi connectivity index (χ1n) is 7.88. The summed E-state index contributed by atoms with van der Waals surface area (Å²) in [7, 11) is 1.65. The second-order valence-corrected chi connectivity index (χ2v) is 5.76. The maximum absolute atomic E-state index is 12.3. The van der Waals surface area contributed by atoms with Gasteiger partial charge in [-0.05, 0) is 52.7 Å². The minimum atomic E-state index is -0.139. The average molecular weight is 332 g/mol. The molecule has 1 heterocycles. The summed E-state index contributed by atoms with van der Waals surface area (Å²) in [6.07, 6.45) is 0. The molecule has 0 atom stereocenters. The molecule has 0 fully saturated rings. The Kier molecular flexibility index (Phi) is 3.78. The van der Waals surface area contributed by atoms with E-state index in [1.807, 2.05) is 30.3 Å². The standard InChI is InChI=1S/C19H16N4O2/c1-25-16-6-4-13-8-12(2-3-14(13)9-16)11-20-19(24)15-5-7-17-18(10-15)22-23-21-17/h2-10H,11H2,1H3,(H,20,24)(H,21,22,23). The molecule has 124 valence electrons. The van der Waals surface area contributed by atoms with Crippen molar-refractivity contribution in [2.75, 3.05) is 7.11 Å². The van der Waals surface area contributed by atoms with Crippen LogP contribution in [-0.4, -0.2) is 28.4 Å². The Hall–Kier alpha value is -3.41. The van der Waals surface area contributed by atoms with Gasteiger partial charge >= 0.3 is 0 Å². The number of rotatable bonds is 4. The summed E-state index contributed by atoms with van der Waals surface area (Å²) < 4.78 is 5.24. The smallest absolute Gasteiger partial charge is 0.251 e.